The third-order valence-corrected chi connectivity index (χ3v) is 13.3. The van der Waals surface area contributed by atoms with Crippen molar-refractivity contribution in [3.8, 4) is 11.1 Å². The lowest BCUT2D eigenvalue weighted by Crippen LogP contribution is -2.43. The lowest BCUT2D eigenvalue weighted by molar-refractivity contribution is 0.567. The van der Waals surface area contributed by atoms with Crippen LogP contribution in [0.2, 0.25) is 0 Å². The summed E-state index contributed by atoms with van der Waals surface area (Å²) in [5, 5.41) is 4.96. The van der Waals surface area contributed by atoms with Crippen molar-refractivity contribution in [1.82, 2.24) is 0 Å². The van der Waals surface area contributed by atoms with E-state index >= 15 is 0 Å². The molecular formula is C53H44N2. The summed E-state index contributed by atoms with van der Waals surface area (Å²) >= 11 is 0. The van der Waals surface area contributed by atoms with Crippen LogP contribution in [0.1, 0.15) is 74.9 Å². The molecule has 55 heavy (non-hydrogen) atoms. The number of hydrogen-bond acceptors (Lipinski definition) is 2. The van der Waals surface area contributed by atoms with Gasteiger partial charge in [-0.3, -0.25) is 0 Å². The lowest BCUT2D eigenvalue weighted by Gasteiger charge is -2.55. The molecule has 0 aromatic heterocycles. The van der Waals surface area contributed by atoms with Crippen LogP contribution in [0.3, 0.4) is 0 Å². The molecule has 2 nitrogen and oxygen atoms in total. The van der Waals surface area contributed by atoms with Gasteiger partial charge in [0, 0.05) is 33.3 Å². The monoisotopic (exact) mass is 708 g/mol. The summed E-state index contributed by atoms with van der Waals surface area (Å²) in [6.07, 6.45) is 0. The molecule has 0 radical (unpaired) electrons. The van der Waals surface area contributed by atoms with Crippen molar-refractivity contribution in [2.45, 2.75) is 57.8 Å². The van der Waals surface area contributed by atoms with E-state index in [2.05, 4.69) is 209 Å². The quantitative estimate of drug-likeness (QED) is 0.180. The van der Waals surface area contributed by atoms with Gasteiger partial charge in [0.2, 0.25) is 0 Å². The minimum absolute atomic E-state index is 0.180. The summed E-state index contributed by atoms with van der Waals surface area (Å²) in [6, 6.07) is 59.2. The molecule has 0 atom stereocenters. The van der Waals surface area contributed by atoms with Crippen molar-refractivity contribution in [2.24, 2.45) is 0 Å². The van der Waals surface area contributed by atoms with Crippen molar-refractivity contribution in [3.05, 3.63) is 191 Å². The lowest BCUT2D eigenvalue weighted by atomic mass is 9.60. The zero-order valence-electron chi connectivity index (χ0n) is 32.4. The molecule has 0 fully saturated rings. The molecule has 3 aliphatic heterocycles. The van der Waals surface area contributed by atoms with E-state index in [4.69, 9.17) is 0 Å². The molecular weight excluding hydrogens is 665 g/mol. The first-order valence-corrected chi connectivity index (χ1v) is 19.7. The molecule has 8 aromatic carbocycles. The van der Waals surface area contributed by atoms with Crippen molar-refractivity contribution in [2.75, 3.05) is 9.80 Å². The van der Waals surface area contributed by atoms with Gasteiger partial charge in [0.05, 0.1) is 17.1 Å². The number of benzene rings is 8. The van der Waals surface area contributed by atoms with Gasteiger partial charge in [-0.15, -0.1) is 0 Å². The Bertz CT molecular complexity index is 2830. The van der Waals surface area contributed by atoms with E-state index in [1.165, 1.54) is 88.8 Å². The van der Waals surface area contributed by atoms with Gasteiger partial charge in [-0.2, -0.15) is 0 Å². The van der Waals surface area contributed by atoms with E-state index in [9.17, 15) is 0 Å². The van der Waals surface area contributed by atoms with E-state index in [1.54, 1.807) is 0 Å². The second kappa shape index (κ2) is 11.0. The Labute approximate surface area is 324 Å². The van der Waals surface area contributed by atoms with E-state index in [0.717, 1.165) is 11.4 Å². The van der Waals surface area contributed by atoms with Crippen LogP contribution in [0.4, 0.5) is 34.1 Å². The zero-order chi connectivity index (χ0) is 37.4. The molecule has 8 aromatic rings. The molecule has 3 aliphatic rings. The predicted molar refractivity (Wildman–Crippen MR) is 233 cm³/mol. The number of hydrogen-bond donors (Lipinski definition) is 0. The van der Waals surface area contributed by atoms with Gasteiger partial charge in [0.25, 0.3) is 0 Å². The molecule has 0 aliphatic carbocycles. The van der Waals surface area contributed by atoms with Gasteiger partial charge in [0.15, 0.2) is 0 Å². The predicted octanol–water partition coefficient (Wildman–Crippen LogP) is 14.5. The number of para-hydroxylation sites is 1. The van der Waals surface area contributed by atoms with Crippen LogP contribution in [-0.2, 0) is 16.2 Å². The van der Waals surface area contributed by atoms with Crippen LogP contribution in [0, 0.1) is 0 Å². The molecule has 0 N–H and O–H groups in total. The number of rotatable bonds is 4. The van der Waals surface area contributed by atoms with E-state index < -0.39 is 0 Å². The van der Waals surface area contributed by atoms with Gasteiger partial charge < -0.3 is 9.80 Å². The highest BCUT2D eigenvalue weighted by atomic mass is 15.2. The van der Waals surface area contributed by atoms with Gasteiger partial charge in [-0.1, -0.05) is 151 Å². The fourth-order valence-corrected chi connectivity index (χ4v) is 10.2. The first-order chi connectivity index (χ1) is 26.5. The van der Waals surface area contributed by atoms with Crippen molar-refractivity contribution < 1.29 is 0 Å². The second-order valence-corrected chi connectivity index (χ2v) is 17.5. The molecule has 3 heterocycles. The zero-order valence-corrected chi connectivity index (χ0v) is 32.4. The molecule has 11 rings (SSSR count). The Kier molecular flexibility index (Phi) is 6.45. The van der Waals surface area contributed by atoms with Gasteiger partial charge in [0.1, 0.15) is 0 Å². The molecule has 0 unspecified atom stereocenters. The summed E-state index contributed by atoms with van der Waals surface area (Å²) in [5.41, 5.74) is 17.7. The molecule has 266 valence electrons. The van der Waals surface area contributed by atoms with Crippen LogP contribution in [0.25, 0.3) is 32.7 Å². The highest BCUT2D eigenvalue weighted by Crippen LogP contribution is 2.67. The van der Waals surface area contributed by atoms with Crippen molar-refractivity contribution in [1.29, 1.82) is 0 Å². The van der Waals surface area contributed by atoms with Crippen molar-refractivity contribution >= 4 is 55.7 Å². The number of nitrogens with zero attached hydrogens (tertiary/aromatic N) is 2. The fourth-order valence-electron chi connectivity index (χ4n) is 10.2. The maximum Gasteiger partial charge on any atom is 0.0545 e. The van der Waals surface area contributed by atoms with E-state index in [0.29, 0.717) is 0 Å². The number of anilines is 6. The molecule has 0 saturated carbocycles. The minimum atomic E-state index is -0.292. The fraction of sp³-hybridized carbons (Fsp3) is 0.170. The molecule has 0 spiro atoms. The summed E-state index contributed by atoms with van der Waals surface area (Å²) in [6.45, 7) is 14.7. The Morgan fingerprint density at radius 1 is 0.327 bits per heavy atom. The van der Waals surface area contributed by atoms with Crippen LogP contribution in [0.5, 0.6) is 0 Å². The van der Waals surface area contributed by atoms with Crippen LogP contribution >= 0.6 is 0 Å². The maximum absolute atomic E-state index is 2.68. The Morgan fingerprint density at radius 3 is 1.25 bits per heavy atom. The van der Waals surface area contributed by atoms with Crippen LogP contribution in [0.15, 0.2) is 158 Å². The molecule has 0 bridgehead atoms. The summed E-state index contributed by atoms with van der Waals surface area (Å²) in [5.74, 6) is 0. The largest absolute Gasteiger partial charge is 0.310 e. The SMILES string of the molecule is CC1(C)c2cccc3c2N2c4c1cc(-c1ccccc1)cc4C(C)(C)c1cc(N(c4ccc5ccccc5c4)c4ccc5ccccc5c4)cc(c12)C3(C)C. The molecule has 2 heteroatoms. The Hall–Kier alpha value is -6.12. The first kappa shape index (κ1) is 32.3. The van der Waals surface area contributed by atoms with Gasteiger partial charge >= 0.3 is 0 Å². The average molecular weight is 709 g/mol. The molecule has 0 saturated heterocycles. The normalized spacial score (nSPS) is 16.2. The van der Waals surface area contributed by atoms with E-state index in [-0.39, 0.29) is 16.2 Å². The number of fused-ring (bicyclic) bond motifs is 2. The van der Waals surface area contributed by atoms with Crippen molar-refractivity contribution in [3.63, 3.8) is 0 Å². The van der Waals surface area contributed by atoms with Gasteiger partial charge in [-0.25, -0.2) is 0 Å². The van der Waals surface area contributed by atoms with Crippen LogP contribution in [-0.4, -0.2) is 0 Å². The summed E-state index contributed by atoms with van der Waals surface area (Å²) in [4.78, 5) is 5.17. The Balaban J connectivity index is 1.24. The Morgan fingerprint density at radius 2 is 0.745 bits per heavy atom. The third-order valence-electron chi connectivity index (χ3n) is 13.3. The van der Waals surface area contributed by atoms with E-state index in [1.807, 2.05) is 0 Å². The van der Waals surface area contributed by atoms with Gasteiger partial charge in [-0.05, 0) is 115 Å². The molecule has 0 amide bonds. The highest BCUT2D eigenvalue weighted by molar-refractivity contribution is 6.01. The first-order valence-electron chi connectivity index (χ1n) is 19.7. The smallest absolute Gasteiger partial charge is 0.0545 e. The summed E-state index contributed by atoms with van der Waals surface area (Å²) in [7, 11) is 0. The summed E-state index contributed by atoms with van der Waals surface area (Å²) < 4.78 is 0. The maximum atomic E-state index is 2.68. The third kappa shape index (κ3) is 4.37. The van der Waals surface area contributed by atoms with Crippen LogP contribution < -0.4 is 9.80 Å². The highest BCUT2D eigenvalue weighted by Gasteiger charge is 2.52. The second-order valence-electron chi connectivity index (χ2n) is 17.5. The standard InChI is InChI=1S/C53H44N2/c1-51(2)42-21-14-22-43-48(42)55-49-44(51)29-38(33-15-8-7-9-16-33)30-45(49)53(5,6)47-32-41(31-46(50(47)55)52(43,3)4)54(39-25-23-34-17-10-12-19-36(34)27-39)40-26-24-35-18-11-13-20-37(35)28-40/h7-32H,1-6H3. The minimum Gasteiger partial charge on any atom is -0.310 e. The average Bonchev–Trinajstić information content (AvgIpc) is 3.20. The topological polar surface area (TPSA) is 6.48 Å².